The van der Waals surface area contributed by atoms with E-state index < -0.39 is 18.0 Å². The molecule has 0 saturated carbocycles. The Labute approximate surface area is 83.9 Å². The molecule has 82 valence electrons. The fourth-order valence-electron chi connectivity index (χ4n) is 1.03. The van der Waals surface area contributed by atoms with Gasteiger partial charge in [-0.2, -0.15) is 0 Å². The summed E-state index contributed by atoms with van der Waals surface area (Å²) in [5, 5.41) is 13.5. The molecule has 0 aromatic heterocycles. The Morgan fingerprint density at radius 1 is 1.29 bits per heavy atom. The van der Waals surface area contributed by atoms with Crippen molar-refractivity contribution < 1.29 is 14.7 Å². The smallest absolute Gasteiger partial charge is 0.325 e. The second-order valence-corrected chi connectivity index (χ2v) is 3.37. The van der Waals surface area contributed by atoms with Gasteiger partial charge in [-0.25, -0.2) is 4.79 Å². The maximum atomic E-state index is 11.2. The summed E-state index contributed by atoms with van der Waals surface area (Å²) in [6.45, 7) is 5.33. The van der Waals surface area contributed by atoms with E-state index in [9.17, 15) is 9.59 Å². The number of carbonyl (C=O) groups excluding carboxylic acids is 1. The van der Waals surface area contributed by atoms with Gasteiger partial charge in [-0.1, -0.05) is 13.3 Å². The predicted molar refractivity (Wildman–Crippen MR) is 53.1 cm³/mol. The summed E-state index contributed by atoms with van der Waals surface area (Å²) >= 11 is 0. The number of nitrogens with one attached hydrogen (secondary N) is 2. The molecule has 5 nitrogen and oxygen atoms in total. The number of amides is 2. The van der Waals surface area contributed by atoms with Crippen LogP contribution in [-0.2, 0) is 4.79 Å². The summed E-state index contributed by atoms with van der Waals surface area (Å²) in [5.41, 5.74) is 0. The maximum Gasteiger partial charge on any atom is 0.325 e. The molecule has 0 radical (unpaired) electrons. The highest BCUT2D eigenvalue weighted by Gasteiger charge is 2.14. The van der Waals surface area contributed by atoms with E-state index in [-0.39, 0.29) is 6.04 Å². The molecule has 0 spiro atoms. The second kappa shape index (κ2) is 6.23. The van der Waals surface area contributed by atoms with Crippen LogP contribution < -0.4 is 10.6 Å². The largest absolute Gasteiger partial charge is 0.480 e. The van der Waals surface area contributed by atoms with Crippen LogP contribution in [0.3, 0.4) is 0 Å². The van der Waals surface area contributed by atoms with Gasteiger partial charge in [0.05, 0.1) is 0 Å². The molecule has 0 saturated heterocycles. The molecule has 0 bridgehead atoms. The molecule has 0 aromatic carbocycles. The fourth-order valence-corrected chi connectivity index (χ4v) is 1.03. The third-order valence-corrected chi connectivity index (χ3v) is 1.82. The second-order valence-electron chi connectivity index (χ2n) is 3.37. The predicted octanol–water partition coefficient (Wildman–Crippen LogP) is 0.947. The minimum Gasteiger partial charge on any atom is -0.480 e. The lowest BCUT2D eigenvalue weighted by Crippen LogP contribution is -2.47. The van der Waals surface area contributed by atoms with Crippen LogP contribution in [0.1, 0.15) is 33.6 Å². The van der Waals surface area contributed by atoms with Crippen LogP contribution in [0.15, 0.2) is 0 Å². The van der Waals surface area contributed by atoms with Gasteiger partial charge >= 0.3 is 12.0 Å². The zero-order valence-corrected chi connectivity index (χ0v) is 8.83. The van der Waals surface area contributed by atoms with Gasteiger partial charge in [0.2, 0.25) is 0 Å². The first-order valence-corrected chi connectivity index (χ1v) is 4.77. The molecule has 0 aliphatic heterocycles. The highest BCUT2D eigenvalue weighted by molar-refractivity contribution is 5.82. The van der Waals surface area contributed by atoms with Crippen molar-refractivity contribution in [2.24, 2.45) is 0 Å². The van der Waals surface area contributed by atoms with Crippen molar-refractivity contribution in [3.05, 3.63) is 0 Å². The Morgan fingerprint density at radius 2 is 1.86 bits per heavy atom. The van der Waals surface area contributed by atoms with Crippen LogP contribution in [0.5, 0.6) is 0 Å². The average molecular weight is 202 g/mol. The average Bonchev–Trinajstić information content (AvgIpc) is 2.03. The molecule has 2 amide bonds. The Kier molecular flexibility index (Phi) is 5.67. The summed E-state index contributed by atoms with van der Waals surface area (Å²) in [6.07, 6.45) is 1.87. The lowest BCUT2D eigenvalue weighted by atomic mass is 10.2. The molecule has 0 aliphatic carbocycles. The van der Waals surface area contributed by atoms with Gasteiger partial charge in [0.15, 0.2) is 0 Å². The van der Waals surface area contributed by atoms with E-state index in [1.165, 1.54) is 6.92 Å². The summed E-state index contributed by atoms with van der Waals surface area (Å²) in [6, 6.07) is -1.22. The van der Waals surface area contributed by atoms with Crippen molar-refractivity contribution >= 4 is 12.0 Å². The first-order valence-electron chi connectivity index (χ1n) is 4.77. The zero-order chi connectivity index (χ0) is 11.1. The van der Waals surface area contributed by atoms with Gasteiger partial charge in [0.25, 0.3) is 0 Å². The van der Waals surface area contributed by atoms with E-state index in [2.05, 4.69) is 10.6 Å². The van der Waals surface area contributed by atoms with Crippen molar-refractivity contribution in [3.8, 4) is 0 Å². The van der Waals surface area contributed by atoms with Crippen molar-refractivity contribution in [2.45, 2.75) is 45.7 Å². The molecule has 2 atom stereocenters. The summed E-state index contributed by atoms with van der Waals surface area (Å²) in [7, 11) is 0. The number of aliphatic carboxylic acids is 1. The summed E-state index contributed by atoms with van der Waals surface area (Å²) in [4.78, 5) is 21.6. The zero-order valence-electron chi connectivity index (χ0n) is 8.83. The van der Waals surface area contributed by atoms with Gasteiger partial charge in [-0.05, 0) is 20.3 Å². The van der Waals surface area contributed by atoms with Crippen LogP contribution >= 0.6 is 0 Å². The van der Waals surface area contributed by atoms with Gasteiger partial charge in [0, 0.05) is 6.04 Å². The molecule has 5 heteroatoms. The molecule has 14 heavy (non-hydrogen) atoms. The molecule has 0 aromatic rings. The van der Waals surface area contributed by atoms with Gasteiger partial charge < -0.3 is 15.7 Å². The minimum atomic E-state index is -1.04. The Balaban J connectivity index is 3.80. The Bertz CT molecular complexity index is 206. The number of hydrogen-bond acceptors (Lipinski definition) is 2. The van der Waals surface area contributed by atoms with Crippen LogP contribution in [0.4, 0.5) is 4.79 Å². The number of rotatable bonds is 5. The van der Waals surface area contributed by atoms with E-state index in [0.29, 0.717) is 0 Å². The Morgan fingerprint density at radius 3 is 2.29 bits per heavy atom. The SMILES string of the molecule is CCCC(C)NC(=O)N[C@H](C)C(=O)O. The first kappa shape index (κ1) is 12.7. The van der Waals surface area contributed by atoms with Gasteiger partial charge in [-0.3, -0.25) is 4.79 Å². The number of carboxylic acid groups (broad SMARTS) is 1. The van der Waals surface area contributed by atoms with Crippen molar-refractivity contribution in [1.29, 1.82) is 0 Å². The standard InChI is InChI=1S/C9H18N2O3/c1-4-5-6(2)10-9(14)11-7(3)8(12)13/h6-7H,4-5H2,1-3H3,(H,12,13)(H2,10,11,14)/t6?,7-/m1/s1. The molecule has 0 heterocycles. The van der Waals surface area contributed by atoms with Crippen LogP contribution in [0.2, 0.25) is 0 Å². The van der Waals surface area contributed by atoms with Gasteiger partial charge in [-0.15, -0.1) is 0 Å². The van der Waals surface area contributed by atoms with Crippen LogP contribution in [0.25, 0.3) is 0 Å². The van der Waals surface area contributed by atoms with Crippen molar-refractivity contribution in [1.82, 2.24) is 10.6 Å². The molecule has 0 aliphatic rings. The molecule has 1 unspecified atom stereocenters. The number of hydrogen-bond donors (Lipinski definition) is 3. The van der Waals surface area contributed by atoms with Crippen LogP contribution in [0, 0.1) is 0 Å². The highest BCUT2D eigenvalue weighted by atomic mass is 16.4. The topological polar surface area (TPSA) is 78.4 Å². The summed E-state index contributed by atoms with van der Waals surface area (Å²) in [5.74, 6) is -1.04. The monoisotopic (exact) mass is 202 g/mol. The third kappa shape index (κ3) is 5.40. The van der Waals surface area contributed by atoms with E-state index >= 15 is 0 Å². The number of carbonyl (C=O) groups is 2. The van der Waals surface area contributed by atoms with E-state index in [1.54, 1.807) is 0 Å². The normalized spacial score (nSPS) is 14.2. The van der Waals surface area contributed by atoms with Crippen molar-refractivity contribution in [2.75, 3.05) is 0 Å². The number of carboxylic acids is 1. The molecular weight excluding hydrogens is 184 g/mol. The highest BCUT2D eigenvalue weighted by Crippen LogP contribution is 1.94. The van der Waals surface area contributed by atoms with Crippen LogP contribution in [-0.4, -0.2) is 29.2 Å². The third-order valence-electron chi connectivity index (χ3n) is 1.82. The quantitative estimate of drug-likeness (QED) is 0.621. The minimum absolute atomic E-state index is 0.0704. The van der Waals surface area contributed by atoms with Gasteiger partial charge in [0.1, 0.15) is 6.04 Å². The number of urea groups is 1. The maximum absolute atomic E-state index is 11.2. The molecule has 3 N–H and O–H groups in total. The summed E-state index contributed by atoms with van der Waals surface area (Å²) < 4.78 is 0. The fraction of sp³-hybridized carbons (Fsp3) is 0.778. The van der Waals surface area contributed by atoms with E-state index in [4.69, 9.17) is 5.11 Å². The Hall–Kier alpha value is -1.26. The molecule has 0 rings (SSSR count). The van der Waals surface area contributed by atoms with Crippen molar-refractivity contribution in [3.63, 3.8) is 0 Å². The lowest BCUT2D eigenvalue weighted by molar-refractivity contribution is -0.138. The lowest BCUT2D eigenvalue weighted by Gasteiger charge is -2.15. The van der Waals surface area contributed by atoms with E-state index in [0.717, 1.165) is 12.8 Å². The van der Waals surface area contributed by atoms with E-state index in [1.807, 2.05) is 13.8 Å². The molecular formula is C9H18N2O3. The molecule has 0 fully saturated rings. The first-order chi connectivity index (χ1) is 6.47.